The van der Waals surface area contributed by atoms with E-state index in [1.54, 1.807) is 10.0 Å². The van der Waals surface area contributed by atoms with Crippen LogP contribution in [0.15, 0.2) is 39.6 Å². The fourth-order valence-electron chi connectivity index (χ4n) is 3.44. The van der Waals surface area contributed by atoms with Crippen molar-refractivity contribution in [2.24, 2.45) is 0 Å². The highest BCUT2D eigenvalue weighted by Gasteiger charge is 2.32. The molecule has 1 aliphatic rings. The Morgan fingerprint density at radius 2 is 2.19 bits per heavy atom. The average Bonchev–Trinajstić information content (AvgIpc) is 3.34. The summed E-state index contributed by atoms with van der Waals surface area (Å²) in [6, 6.07) is 9.34. The lowest BCUT2D eigenvalue weighted by atomic mass is 10.1. The van der Waals surface area contributed by atoms with Crippen LogP contribution in [0.1, 0.15) is 50.1 Å². The predicted molar refractivity (Wildman–Crippen MR) is 100 cm³/mol. The third-order valence-corrected chi connectivity index (χ3v) is 5.93. The van der Waals surface area contributed by atoms with Crippen LogP contribution in [0.4, 0.5) is 0 Å². The molecule has 136 valence electrons. The minimum atomic E-state index is -0.0989. The normalized spacial score (nSPS) is 17.5. The number of amides is 1. The van der Waals surface area contributed by atoms with Crippen LogP contribution in [0.3, 0.4) is 0 Å². The van der Waals surface area contributed by atoms with Crippen molar-refractivity contribution in [3.8, 4) is 0 Å². The fourth-order valence-corrected chi connectivity index (χ4v) is 4.43. The number of carbonyl (C=O) groups is 1. The molecule has 7 heteroatoms. The van der Waals surface area contributed by atoms with Gasteiger partial charge in [0.1, 0.15) is 18.0 Å². The van der Waals surface area contributed by atoms with Crippen LogP contribution in [-0.4, -0.2) is 26.5 Å². The van der Waals surface area contributed by atoms with Crippen LogP contribution in [0.5, 0.6) is 0 Å². The molecule has 3 heterocycles. The maximum absolute atomic E-state index is 12.9. The Kier molecular flexibility index (Phi) is 4.40. The third kappa shape index (κ3) is 2.96. The summed E-state index contributed by atoms with van der Waals surface area (Å²) < 4.78 is 7.85. The molecule has 0 spiro atoms. The number of benzene rings is 1. The van der Waals surface area contributed by atoms with Gasteiger partial charge in [-0.15, -0.1) is 0 Å². The zero-order valence-corrected chi connectivity index (χ0v) is 15.7. The molecule has 0 radical (unpaired) electrons. The van der Waals surface area contributed by atoms with Gasteiger partial charge in [0.25, 0.3) is 5.56 Å². The predicted octanol–water partition coefficient (Wildman–Crippen LogP) is 3.54. The molecule has 4 rings (SSSR count). The van der Waals surface area contributed by atoms with Crippen molar-refractivity contribution in [2.45, 2.75) is 45.2 Å². The summed E-state index contributed by atoms with van der Waals surface area (Å²) in [5.74, 6) is 1.05. The van der Waals surface area contributed by atoms with E-state index in [0.29, 0.717) is 11.9 Å². The SMILES string of the molecule is CC(C)c1cc(C2CCCN2C(=O)Cn2sc3ccccc3c2=O)no1. The van der Waals surface area contributed by atoms with E-state index < -0.39 is 0 Å². The van der Waals surface area contributed by atoms with E-state index in [0.717, 1.165) is 29.0 Å². The van der Waals surface area contributed by atoms with Crippen LogP contribution in [0.25, 0.3) is 10.1 Å². The smallest absolute Gasteiger partial charge is 0.268 e. The molecule has 1 unspecified atom stereocenters. The molecular formula is C19H21N3O3S. The highest BCUT2D eigenvalue weighted by Crippen LogP contribution is 2.33. The lowest BCUT2D eigenvalue weighted by Crippen LogP contribution is -2.35. The minimum absolute atomic E-state index is 0.0461. The number of likely N-dealkylation sites (tertiary alicyclic amines) is 1. The van der Waals surface area contributed by atoms with Gasteiger partial charge in [-0.05, 0) is 25.0 Å². The van der Waals surface area contributed by atoms with Gasteiger partial charge in [-0.1, -0.05) is 42.7 Å². The van der Waals surface area contributed by atoms with Gasteiger partial charge in [-0.2, -0.15) is 0 Å². The Morgan fingerprint density at radius 1 is 1.38 bits per heavy atom. The molecule has 1 aliphatic heterocycles. The van der Waals surface area contributed by atoms with Crippen molar-refractivity contribution in [2.75, 3.05) is 6.54 Å². The summed E-state index contributed by atoms with van der Waals surface area (Å²) in [5, 5.41) is 4.84. The van der Waals surface area contributed by atoms with Gasteiger partial charge in [0.05, 0.1) is 16.1 Å². The molecule has 1 atom stereocenters. The second-order valence-corrected chi connectivity index (χ2v) is 8.05. The second kappa shape index (κ2) is 6.72. The standard InChI is InChI=1S/C19H21N3O3S/c1-12(2)16-10-14(20-25-16)15-7-5-9-21(15)18(23)11-22-19(24)13-6-3-4-8-17(13)26-22/h3-4,6,8,10,12,15H,5,7,9,11H2,1-2H3. The first-order chi connectivity index (χ1) is 12.5. The number of aromatic nitrogens is 2. The van der Waals surface area contributed by atoms with E-state index in [9.17, 15) is 9.59 Å². The molecule has 1 amide bonds. The summed E-state index contributed by atoms with van der Waals surface area (Å²) in [4.78, 5) is 27.2. The molecular weight excluding hydrogens is 350 g/mol. The first-order valence-corrected chi connectivity index (χ1v) is 9.67. The molecule has 1 saturated heterocycles. The van der Waals surface area contributed by atoms with Gasteiger partial charge < -0.3 is 9.42 Å². The maximum atomic E-state index is 12.9. The maximum Gasteiger partial charge on any atom is 0.268 e. The Hall–Kier alpha value is -2.41. The fraction of sp³-hybridized carbons (Fsp3) is 0.421. The molecule has 1 aromatic carbocycles. The number of hydrogen-bond donors (Lipinski definition) is 0. The third-order valence-electron chi connectivity index (χ3n) is 4.86. The van der Waals surface area contributed by atoms with Gasteiger partial charge in [0, 0.05) is 18.5 Å². The molecule has 0 N–H and O–H groups in total. The van der Waals surface area contributed by atoms with Gasteiger partial charge in [0.15, 0.2) is 0 Å². The first-order valence-electron chi connectivity index (χ1n) is 8.89. The summed E-state index contributed by atoms with van der Waals surface area (Å²) in [7, 11) is 0. The van der Waals surface area contributed by atoms with E-state index in [-0.39, 0.29) is 30.0 Å². The summed E-state index contributed by atoms with van der Waals surface area (Å²) in [6.07, 6.45) is 1.80. The van der Waals surface area contributed by atoms with Gasteiger partial charge in [0.2, 0.25) is 5.91 Å². The Balaban J connectivity index is 1.56. The van der Waals surface area contributed by atoms with Crippen molar-refractivity contribution in [3.63, 3.8) is 0 Å². The van der Waals surface area contributed by atoms with Gasteiger partial charge in [-0.3, -0.25) is 13.5 Å². The van der Waals surface area contributed by atoms with Crippen molar-refractivity contribution in [1.29, 1.82) is 0 Å². The van der Waals surface area contributed by atoms with E-state index >= 15 is 0 Å². The molecule has 3 aromatic rings. The van der Waals surface area contributed by atoms with E-state index in [1.165, 1.54) is 11.5 Å². The Morgan fingerprint density at radius 3 is 2.92 bits per heavy atom. The average molecular weight is 371 g/mol. The summed E-state index contributed by atoms with van der Waals surface area (Å²) in [5.41, 5.74) is 0.710. The zero-order chi connectivity index (χ0) is 18.3. The van der Waals surface area contributed by atoms with Crippen LogP contribution in [0, 0.1) is 0 Å². The summed E-state index contributed by atoms with van der Waals surface area (Å²) >= 11 is 1.34. The quantitative estimate of drug-likeness (QED) is 0.703. The van der Waals surface area contributed by atoms with Crippen molar-refractivity contribution in [3.05, 3.63) is 52.1 Å². The molecule has 0 aliphatic carbocycles. The second-order valence-electron chi connectivity index (χ2n) is 6.98. The van der Waals surface area contributed by atoms with E-state index in [1.807, 2.05) is 29.2 Å². The van der Waals surface area contributed by atoms with E-state index in [2.05, 4.69) is 19.0 Å². The molecule has 2 aromatic heterocycles. The highest BCUT2D eigenvalue weighted by molar-refractivity contribution is 7.13. The first kappa shape index (κ1) is 17.0. The van der Waals surface area contributed by atoms with Gasteiger partial charge in [-0.25, -0.2) is 0 Å². The minimum Gasteiger partial charge on any atom is -0.361 e. The van der Waals surface area contributed by atoms with Crippen LogP contribution < -0.4 is 5.56 Å². The number of hydrogen-bond acceptors (Lipinski definition) is 5. The highest BCUT2D eigenvalue weighted by atomic mass is 32.1. The number of rotatable bonds is 4. The lowest BCUT2D eigenvalue weighted by molar-refractivity contribution is -0.132. The van der Waals surface area contributed by atoms with Crippen LogP contribution >= 0.6 is 11.5 Å². The van der Waals surface area contributed by atoms with Gasteiger partial charge >= 0.3 is 0 Å². The van der Waals surface area contributed by atoms with Crippen LogP contribution in [-0.2, 0) is 11.3 Å². The van der Waals surface area contributed by atoms with Crippen molar-refractivity contribution < 1.29 is 9.32 Å². The summed E-state index contributed by atoms with van der Waals surface area (Å²) in [6.45, 7) is 4.86. The number of nitrogens with zero attached hydrogens (tertiary/aromatic N) is 3. The lowest BCUT2D eigenvalue weighted by Gasteiger charge is -2.22. The Bertz CT molecular complexity index is 1000. The zero-order valence-electron chi connectivity index (χ0n) is 14.8. The number of carbonyl (C=O) groups excluding carboxylic acids is 1. The Labute approximate surface area is 155 Å². The molecule has 0 bridgehead atoms. The van der Waals surface area contributed by atoms with Crippen molar-refractivity contribution >= 4 is 27.5 Å². The molecule has 1 fully saturated rings. The largest absolute Gasteiger partial charge is 0.361 e. The van der Waals surface area contributed by atoms with Crippen molar-refractivity contribution in [1.82, 2.24) is 14.0 Å². The van der Waals surface area contributed by atoms with E-state index in [4.69, 9.17) is 4.52 Å². The van der Waals surface area contributed by atoms with Crippen LogP contribution in [0.2, 0.25) is 0 Å². The topological polar surface area (TPSA) is 68.3 Å². The molecule has 0 saturated carbocycles. The monoisotopic (exact) mass is 371 g/mol. The molecule has 26 heavy (non-hydrogen) atoms. The number of fused-ring (bicyclic) bond motifs is 1. The molecule has 6 nitrogen and oxygen atoms in total.